The topological polar surface area (TPSA) is 107 Å². The van der Waals surface area contributed by atoms with Crippen molar-refractivity contribution in [1.29, 1.82) is 0 Å². The first kappa shape index (κ1) is 10.9. The highest BCUT2D eigenvalue weighted by molar-refractivity contribution is 5.94. The number of nitrogens with one attached hydrogen (secondary N) is 3. The average molecular weight is 210 g/mol. The molecule has 1 rings (SSSR count). The van der Waals surface area contributed by atoms with Crippen LogP contribution in [0.2, 0.25) is 0 Å². The number of aromatic nitrogens is 2. The summed E-state index contributed by atoms with van der Waals surface area (Å²) in [5, 5.41) is 3.64. The Balaban J connectivity index is 2.98. The molecule has 0 saturated heterocycles. The lowest BCUT2D eigenvalue weighted by molar-refractivity contribution is 0.0952. The number of rotatable bonds is 2. The molecule has 80 valence electrons. The molecule has 0 unspecified atom stereocenters. The van der Waals surface area contributed by atoms with Crippen LogP contribution in [0.15, 0.2) is 20.9 Å². The van der Waals surface area contributed by atoms with Crippen LogP contribution in [0.5, 0.6) is 0 Å². The second-order valence-corrected chi connectivity index (χ2v) is 2.99. The summed E-state index contributed by atoms with van der Waals surface area (Å²) in [5.74, 6) is -0.672. The Kier molecular flexibility index (Phi) is 3.17. The van der Waals surface area contributed by atoms with Crippen molar-refractivity contribution in [2.24, 2.45) is 5.10 Å². The Morgan fingerprint density at radius 1 is 1.40 bits per heavy atom. The lowest BCUT2D eigenvalue weighted by Crippen LogP contribution is -2.31. The molecule has 1 aromatic heterocycles. The molecule has 0 bridgehead atoms. The Morgan fingerprint density at radius 3 is 2.60 bits per heavy atom. The summed E-state index contributed by atoms with van der Waals surface area (Å²) < 4.78 is 0. The largest absolute Gasteiger partial charge is 0.325 e. The van der Waals surface area contributed by atoms with Gasteiger partial charge in [0.05, 0.1) is 0 Å². The fourth-order valence-electron chi connectivity index (χ4n) is 0.801. The van der Waals surface area contributed by atoms with E-state index in [1.165, 1.54) is 0 Å². The molecule has 1 amide bonds. The molecule has 0 aliphatic rings. The molecule has 0 aromatic carbocycles. The molecule has 0 aliphatic carbocycles. The zero-order chi connectivity index (χ0) is 11.4. The Bertz CT molecular complexity index is 507. The molecule has 7 nitrogen and oxygen atoms in total. The van der Waals surface area contributed by atoms with Crippen molar-refractivity contribution in [2.45, 2.75) is 13.8 Å². The fourth-order valence-corrected chi connectivity index (χ4v) is 0.801. The molecule has 0 atom stereocenters. The number of carbonyl (C=O) groups is 1. The van der Waals surface area contributed by atoms with Crippen molar-refractivity contribution >= 4 is 11.6 Å². The van der Waals surface area contributed by atoms with Crippen LogP contribution in [0.1, 0.15) is 24.2 Å². The van der Waals surface area contributed by atoms with Gasteiger partial charge in [0.2, 0.25) is 0 Å². The van der Waals surface area contributed by atoms with E-state index < -0.39 is 17.2 Å². The van der Waals surface area contributed by atoms with E-state index in [1.807, 2.05) is 4.98 Å². The van der Waals surface area contributed by atoms with Gasteiger partial charge in [-0.05, 0) is 13.8 Å². The van der Waals surface area contributed by atoms with Gasteiger partial charge in [-0.15, -0.1) is 0 Å². The van der Waals surface area contributed by atoms with Gasteiger partial charge in [-0.3, -0.25) is 14.6 Å². The second-order valence-electron chi connectivity index (χ2n) is 2.99. The highest BCUT2D eigenvalue weighted by Crippen LogP contribution is 1.84. The molecule has 0 saturated carbocycles. The SMILES string of the molecule is CC(C)=NNC(=O)c1c[nH]c(=O)[nH]c1=O. The van der Waals surface area contributed by atoms with E-state index in [0.717, 1.165) is 6.20 Å². The molecule has 0 fully saturated rings. The van der Waals surface area contributed by atoms with Gasteiger partial charge in [-0.1, -0.05) is 0 Å². The molecular formula is C8H10N4O3. The van der Waals surface area contributed by atoms with Gasteiger partial charge < -0.3 is 4.98 Å². The first-order valence-electron chi connectivity index (χ1n) is 4.14. The monoisotopic (exact) mass is 210 g/mol. The van der Waals surface area contributed by atoms with E-state index in [-0.39, 0.29) is 5.56 Å². The highest BCUT2D eigenvalue weighted by Gasteiger charge is 2.09. The molecule has 0 aliphatic heterocycles. The summed E-state index contributed by atoms with van der Waals surface area (Å²) in [6.07, 6.45) is 1.04. The van der Waals surface area contributed by atoms with E-state index >= 15 is 0 Å². The number of hydrazone groups is 1. The third kappa shape index (κ3) is 2.90. The van der Waals surface area contributed by atoms with Crippen molar-refractivity contribution in [3.8, 4) is 0 Å². The van der Waals surface area contributed by atoms with Crippen LogP contribution >= 0.6 is 0 Å². The van der Waals surface area contributed by atoms with Crippen molar-refractivity contribution in [3.63, 3.8) is 0 Å². The molecule has 15 heavy (non-hydrogen) atoms. The number of amides is 1. The number of hydrogen-bond acceptors (Lipinski definition) is 4. The number of H-pyrrole nitrogens is 2. The quantitative estimate of drug-likeness (QED) is 0.438. The number of carbonyl (C=O) groups excluding carboxylic acids is 1. The van der Waals surface area contributed by atoms with Gasteiger partial charge in [0.15, 0.2) is 0 Å². The van der Waals surface area contributed by atoms with E-state index in [1.54, 1.807) is 13.8 Å². The first-order chi connectivity index (χ1) is 7.00. The van der Waals surface area contributed by atoms with Crippen molar-refractivity contribution in [1.82, 2.24) is 15.4 Å². The molecule has 1 heterocycles. The van der Waals surface area contributed by atoms with E-state index in [0.29, 0.717) is 5.71 Å². The summed E-state index contributed by atoms with van der Waals surface area (Å²) in [6.45, 7) is 3.38. The first-order valence-corrected chi connectivity index (χ1v) is 4.14. The van der Waals surface area contributed by atoms with Gasteiger partial charge in [-0.25, -0.2) is 10.2 Å². The zero-order valence-electron chi connectivity index (χ0n) is 8.25. The average Bonchev–Trinajstić information content (AvgIpc) is 2.14. The zero-order valence-corrected chi connectivity index (χ0v) is 8.25. The summed E-state index contributed by atoms with van der Waals surface area (Å²) in [6, 6.07) is 0. The maximum atomic E-state index is 11.3. The summed E-state index contributed by atoms with van der Waals surface area (Å²) in [4.78, 5) is 37.2. The van der Waals surface area contributed by atoms with Gasteiger partial charge in [0.1, 0.15) is 5.56 Å². The summed E-state index contributed by atoms with van der Waals surface area (Å²) in [7, 11) is 0. The summed E-state index contributed by atoms with van der Waals surface area (Å²) in [5.41, 5.74) is 1.20. The predicted octanol–water partition coefficient (Wildman–Crippen LogP) is -0.811. The van der Waals surface area contributed by atoms with Crippen LogP contribution in [0, 0.1) is 0 Å². The second kappa shape index (κ2) is 4.36. The number of aromatic amines is 2. The lowest BCUT2D eigenvalue weighted by Gasteiger charge is -1.98. The molecular weight excluding hydrogens is 200 g/mol. The van der Waals surface area contributed by atoms with Crippen molar-refractivity contribution in [2.75, 3.05) is 0 Å². The third-order valence-electron chi connectivity index (χ3n) is 1.44. The van der Waals surface area contributed by atoms with Gasteiger partial charge >= 0.3 is 5.69 Å². The highest BCUT2D eigenvalue weighted by atomic mass is 16.2. The Morgan fingerprint density at radius 2 is 2.07 bits per heavy atom. The predicted molar refractivity (Wildman–Crippen MR) is 53.9 cm³/mol. The molecule has 3 N–H and O–H groups in total. The van der Waals surface area contributed by atoms with Crippen LogP contribution in [-0.4, -0.2) is 21.6 Å². The third-order valence-corrected chi connectivity index (χ3v) is 1.44. The van der Waals surface area contributed by atoms with Gasteiger partial charge in [0.25, 0.3) is 11.5 Å². The smallest absolute Gasteiger partial charge is 0.313 e. The molecule has 1 aromatic rings. The Labute approximate surface area is 84.2 Å². The van der Waals surface area contributed by atoms with Crippen LogP contribution in [0.4, 0.5) is 0 Å². The molecule has 0 spiro atoms. The molecule has 7 heteroatoms. The van der Waals surface area contributed by atoms with E-state index in [9.17, 15) is 14.4 Å². The minimum atomic E-state index is -0.750. The standard InChI is InChI=1S/C8H10N4O3/c1-4(2)11-12-7(14)5-3-9-8(15)10-6(5)13/h3H,1-2H3,(H,12,14)(H2,9,10,13,15). The van der Waals surface area contributed by atoms with Gasteiger partial charge in [0, 0.05) is 11.9 Å². The van der Waals surface area contributed by atoms with Crippen LogP contribution in [-0.2, 0) is 0 Å². The number of hydrogen-bond donors (Lipinski definition) is 3. The van der Waals surface area contributed by atoms with E-state index in [4.69, 9.17) is 0 Å². The Hall–Kier alpha value is -2.18. The van der Waals surface area contributed by atoms with Crippen molar-refractivity contribution < 1.29 is 4.79 Å². The maximum Gasteiger partial charge on any atom is 0.325 e. The van der Waals surface area contributed by atoms with Crippen molar-refractivity contribution in [3.05, 3.63) is 32.6 Å². The van der Waals surface area contributed by atoms with Gasteiger partial charge in [-0.2, -0.15) is 5.10 Å². The fraction of sp³-hybridized carbons (Fsp3) is 0.250. The van der Waals surface area contributed by atoms with Crippen LogP contribution in [0.3, 0.4) is 0 Å². The lowest BCUT2D eigenvalue weighted by atomic mass is 10.3. The van der Waals surface area contributed by atoms with Crippen LogP contribution < -0.4 is 16.7 Å². The maximum absolute atomic E-state index is 11.3. The van der Waals surface area contributed by atoms with Crippen LogP contribution in [0.25, 0.3) is 0 Å². The normalized spacial score (nSPS) is 9.47. The number of nitrogens with zero attached hydrogens (tertiary/aromatic N) is 1. The minimum Gasteiger partial charge on any atom is -0.313 e. The molecule has 0 radical (unpaired) electrons. The minimum absolute atomic E-state index is 0.195. The van der Waals surface area contributed by atoms with E-state index in [2.05, 4.69) is 15.5 Å². The summed E-state index contributed by atoms with van der Waals surface area (Å²) >= 11 is 0.